The van der Waals surface area contributed by atoms with Crippen molar-refractivity contribution < 1.29 is 9.59 Å². The second-order valence-corrected chi connectivity index (χ2v) is 7.98. The molecule has 0 unspecified atom stereocenters. The van der Waals surface area contributed by atoms with Gasteiger partial charge in [0.1, 0.15) is 5.01 Å². The molecule has 0 aliphatic heterocycles. The molecule has 144 valence electrons. The van der Waals surface area contributed by atoms with E-state index in [4.69, 9.17) is 0 Å². The minimum absolute atomic E-state index is 0.265. The molecule has 0 atom stereocenters. The zero-order valence-electron chi connectivity index (χ0n) is 16.0. The maximum Gasteiger partial charge on any atom is 0.259 e. The van der Waals surface area contributed by atoms with Gasteiger partial charge in [-0.2, -0.15) is 0 Å². The molecule has 0 aliphatic carbocycles. The number of aryl methyl sites for hydroxylation is 1. The van der Waals surface area contributed by atoms with Crippen molar-refractivity contribution in [3.63, 3.8) is 0 Å². The highest BCUT2D eigenvalue weighted by atomic mass is 32.1. The number of para-hydroxylation sites is 1. The van der Waals surface area contributed by atoms with Crippen LogP contribution < -0.4 is 10.6 Å². The van der Waals surface area contributed by atoms with Crippen molar-refractivity contribution in [2.75, 3.05) is 10.6 Å². The van der Waals surface area contributed by atoms with Crippen LogP contribution in [-0.2, 0) is 6.42 Å². The molecule has 2 N–H and O–H groups in total. The van der Waals surface area contributed by atoms with Crippen LogP contribution in [0.5, 0.6) is 0 Å². The number of benzene rings is 2. The Morgan fingerprint density at radius 1 is 1.00 bits per heavy atom. The lowest BCUT2D eigenvalue weighted by molar-refractivity contribution is 0.102. The Bertz CT molecular complexity index is 997. The number of rotatable bonds is 6. The summed E-state index contributed by atoms with van der Waals surface area (Å²) in [4.78, 5) is 25.3. The van der Waals surface area contributed by atoms with Crippen LogP contribution in [0.15, 0.2) is 48.5 Å². The lowest BCUT2D eigenvalue weighted by Gasteiger charge is -2.10. The van der Waals surface area contributed by atoms with Gasteiger partial charge in [-0.1, -0.05) is 55.0 Å². The third kappa shape index (κ3) is 5.01. The van der Waals surface area contributed by atoms with Crippen LogP contribution in [0.2, 0.25) is 0 Å². The molecule has 0 saturated heterocycles. The number of amides is 2. The molecular formula is C21H22N4O2S. The van der Waals surface area contributed by atoms with Crippen molar-refractivity contribution in [1.82, 2.24) is 10.2 Å². The highest BCUT2D eigenvalue weighted by Gasteiger charge is 2.16. The van der Waals surface area contributed by atoms with Crippen LogP contribution in [-0.4, -0.2) is 22.0 Å². The Morgan fingerprint density at radius 3 is 2.54 bits per heavy atom. The van der Waals surface area contributed by atoms with E-state index < -0.39 is 0 Å². The van der Waals surface area contributed by atoms with Crippen LogP contribution in [0.4, 0.5) is 10.8 Å². The molecule has 2 amide bonds. The Morgan fingerprint density at radius 2 is 1.79 bits per heavy atom. The second-order valence-electron chi connectivity index (χ2n) is 6.92. The van der Waals surface area contributed by atoms with Gasteiger partial charge in [-0.3, -0.25) is 14.9 Å². The van der Waals surface area contributed by atoms with Gasteiger partial charge in [0, 0.05) is 12.0 Å². The zero-order chi connectivity index (χ0) is 20.1. The zero-order valence-corrected chi connectivity index (χ0v) is 16.8. The predicted octanol–water partition coefficient (Wildman–Crippen LogP) is 4.55. The first-order chi connectivity index (χ1) is 13.4. The maximum absolute atomic E-state index is 12.7. The van der Waals surface area contributed by atoms with E-state index >= 15 is 0 Å². The van der Waals surface area contributed by atoms with Crippen molar-refractivity contribution in [3.05, 3.63) is 70.2 Å². The van der Waals surface area contributed by atoms with Gasteiger partial charge in [-0.05, 0) is 37.1 Å². The maximum atomic E-state index is 12.7. The number of hydrogen-bond acceptors (Lipinski definition) is 5. The Labute approximate surface area is 168 Å². The van der Waals surface area contributed by atoms with Crippen LogP contribution in [0.3, 0.4) is 0 Å². The summed E-state index contributed by atoms with van der Waals surface area (Å²) in [6, 6.07) is 14.2. The fourth-order valence-electron chi connectivity index (χ4n) is 2.67. The standard InChI is InChI=1S/C21H22N4O2S/c1-13(2)11-18-24-25-21(28-18)23-20(27)16-9-4-5-10-17(16)22-19(26)15-8-6-7-14(3)12-15/h4-10,12-13H,11H2,1-3H3,(H,22,26)(H,23,25,27). The molecule has 0 saturated carbocycles. The largest absolute Gasteiger partial charge is 0.321 e. The van der Waals surface area contributed by atoms with E-state index in [2.05, 4.69) is 34.7 Å². The first kappa shape index (κ1) is 19.7. The van der Waals surface area contributed by atoms with Gasteiger partial charge in [0.25, 0.3) is 11.8 Å². The SMILES string of the molecule is Cc1cccc(C(=O)Nc2ccccc2C(=O)Nc2nnc(CC(C)C)s2)c1. The summed E-state index contributed by atoms with van der Waals surface area (Å²) < 4.78 is 0. The van der Waals surface area contributed by atoms with Crippen molar-refractivity contribution >= 4 is 34.0 Å². The van der Waals surface area contributed by atoms with Crippen LogP contribution in [0, 0.1) is 12.8 Å². The summed E-state index contributed by atoms with van der Waals surface area (Å²) >= 11 is 1.36. The molecule has 7 heteroatoms. The lowest BCUT2D eigenvalue weighted by atomic mass is 10.1. The molecule has 0 aliphatic rings. The molecule has 1 aromatic heterocycles. The summed E-state index contributed by atoms with van der Waals surface area (Å²) in [7, 11) is 0. The summed E-state index contributed by atoms with van der Waals surface area (Å²) in [5.74, 6) is -0.138. The predicted molar refractivity (Wildman–Crippen MR) is 112 cm³/mol. The van der Waals surface area contributed by atoms with Crippen LogP contribution in [0.25, 0.3) is 0 Å². The Balaban J connectivity index is 1.75. The normalized spacial score (nSPS) is 10.7. The third-order valence-corrected chi connectivity index (χ3v) is 4.83. The van der Waals surface area contributed by atoms with Crippen LogP contribution in [0.1, 0.15) is 45.1 Å². The molecule has 3 aromatic rings. The molecule has 3 rings (SSSR count). The minimum Gasteiger partial charge on any atom is -0.321 e. The number of nitrogens with one attached hydrogen (secondary N) is 2. The van der Waals surface area contributed by atoms with Gasteiger partial charge in [-0.25, -0.2) is 0 Å². The van der Waals surface area contributed by atoms with E-state index in [1.165, 1.54) is 11.3 Å². The van der Waals surface area contributed by atoms with Gasteiger partial charge in [-0.15, -0.1) is 10.2 Å². The smallest absolute Gasteiger partial charge is 0.259 e. The fourth-order valence-corrected chi connectivity index (χ4v) is 3.62. The van der Waals surface area contributed by atoms with Gasteiger partial charge in [0.15, 0.2) is 0 Å². The first-order valence-corrected chi connectivity index (χ1v) is 9.85. The molecule has 0 spiro atoms. The third-order valence-electron chi connectivity index (χ3n) is 3.97. The Kier molecular flexibility index (Phi) is 6.16. The highest BCUT2D eigenvalue weighted by Crippen LogP contribution is 2.22. The van der Waals surface area contributed by atoms with Gasteiger partial charge >= 0.3 is 0 Å². The van der Waals surface area contributed by atoms with Crippen molar-refractivity contribution in [2.45, 2.75) is 27.2 Å². The second kappa shape index (κ2) is 8.75. The number of hydrogen-bond donors (Lipinski definition) is 2. The molecule has 0 fully saturated rings. The summed E-state index contributed by atoms with van der Waals surface area (Å²) in [5, 5.41) is 15.1. The van der Waals surface area contributed by atoms with E-state index in [1.54, 1.807) is 36.4 Å². The lowest BCUT2D eigenvalue weighted by Crippen LogP contribution is -2.18. The van der Waals surface area contributed by atoms with E-state index in [9.17, 15) is 9.59 Å². The van der Waals surface area contributed by atoms with Crippen molar-refractivity contribution in [3.8, 4) is 0 Å². The monoisotopic (exact) mass is 394 g/mol. The van der Waals surface area contributed by atoms with Gasteiger partial charge in [0.2, 0.25) is 5.13 Å². The molecule has 0 radical (unpaired) electrons. The fraction of sp³-hybridized carbons (Fsp3) is 0.238. The van der Waals surface area contributed by atoms with Crippen molar-refractivity contribution in [2.24, 2.45) is 5.92 Å². The average molecular weight is 395 g/mol. The number of nitrogens with zero attached hydrogens (tertiary/aromatic N) is 2. The molecule has 2 aromatic carbocycles. The topological polar surface area (TPSA) is 84.0 Å². The summed E-state index contributed by atoms with van der Waals surface area (Å²) in [5.41, 5.74) is 2.34. The summed E-state index contributed by atoms with van der Waals surface area (Å²) in [6.45, 7) is 6.13. The number of carbonyl (C=O) groups is 2. The van der Waals surface area contributed by atoms with Crippen molar-refractivity contribution in [1.29, 1.82) is 0 Å². The van der Waals surface area contributed by atoms with E-state index in [1.807, 2.05) is 19.1 Å². The molecule has 1 heterocycles. The van der Waals surface area contributed by atoms with Gasteiger partial charge < -0.3 is 5.32 Å². The number of anilines is 2. The van der Waals surface area contributed by atoms with E-state index in [0.717, 1.165) is 17.0 Å². The Hall–Kier alpha value is -3.06. The van der Waals surface area contributed by atoms with Gasteiger partial charge in [0.05, 0.1) is 11.3 Å². The number of carbonyl (C=O) groups excluding carboxylic acids is 2. The first-order valence-electron chi connectivity index (χ1n) is 9.03. The molecule has 6 nitrogen and oxygen atoms in total. The summed E-state index contributed by atoms with van der Waals surface area (Å²) in [6.07, 6.45) is 0.816. The average Bonchev–Trinajstić information content (AvgIpc) is 3.08. The minimum atomic E-state index is -0.340. The quantitative estimate of drug-likeness (QED) is 0.642. The molecule has 28 heavy (non-hydrogen) atoms. The number of aromatic nitrogens is 2. The van der Waals surface area contributed by atoms with Crippen LogP contribution >= 0.6 is 11.3 Å². The van der Waals surface area contributed by atoms with E-state index in [0.29, 0.717) is 27.9 Å². The highest BCUT2D eigenvalue weighted by molar-refractivity contribution is 7.15. The van der Waals surface area contributed by atoms with E-state index in [-0.39, 0.29) is 11.8 Å². The molecular weight excluding hydrogens is 372 g/mol. The molecule has 0 bridgehead atoms.